The largest absolute Gasteiger partial charge is 0.490 e. The molecule has 2 N–H and O–H groups in total. The molecule has 0 spiro atoms. The van der Waals surface area contributed by atoms with Crippen molar-refractivity contribution in [3.63, 3.8) is 0 Å². The van der Waals surface area contributed by atoms with Gasteiger partial charge >= 0.3 is 0 Å². The number of nitrogens with one attached hydrogen (secondary N) is 1. The first-order valence-electron chi connectivity index (χ1n) is 9.32. The van der Waals surface area contributed by atoms with Gasteiger partial charge in [-0.1, -0.05) is 73.7 Å². The van der Waals surface area contributed by atoms with Gasteiger partial charge in [0.05, 0.1) is 0 Å². The van der Waals surface area contributed by atoms with Crippen molar-refractivity contribution >= 4 is 10.8 Å². The van der Waals surface area contributed by atoms with E-state index in [1.165, 1.54) is 5.56 Å². The Morgan fingerprint density at radius 3 is 2.42 bits per heavy atom. The molecule has 2 atom stereocenters. The van der Waals surface area contributed by atoms with Gasteiger partial charge in [-0.2, -0.15) is 0 Å². The first-order chi connectivity index (χ1) is 12.8. The van der Waals surface area contributed by atoms with Crippen LogP contribution < -0.4 is 10.1 Å². The van der Waals surface area contributed by atoms with Crippen molar-refractivity contribution in [2.24, 2.45) is 0 Å². The molecule has 3 heteroatoms. The molecule has 26 heavy (non-hydrogen) atoms. The maximum atomic E-state index is 10.3. The summed E-state index contributed by atoms with van der Waals surface area (Å²) in [4.78, 5) is 0. The van der Waals surface area contributed by atoms with E-state index in [0.717, 1.165) is 29.5 Å². The highest BCUT2D eigenvalue weighted by atomic mass is 16.5. The molecule has 3 aromatic carbocycles. The number of fused-ring (bicyclic) bond motifs is 1. The van der Waals surface area contributed by atoms with Gasteiger partial charge in [-0.25, -0.2) is 0 Å². The third kappa shape index (κ3) is 4.84. The summed E-state index contributed by atoms with van der Waals surface area (Å²) < 4.78 is 5.86. The number of ether oxygens (including phenoxy) is 1. The first-order valence-corrected chi connectivity index (χ1v) is 9.32. The molecule has 0 saturated carbocycles. The van der Waals surface area contributed by atoms with Crippen LogP contribution in [0.5, 0.6) is 5.75 Å². The number of aliphatic hydroxyl groups excluding tert-OH is 1. The third-order valence-corrected chi connectivity index (χ3v) is 4.72. The van der Waals surface area contributed by atoms with E-state index in [1.54, 1.807) is 0 Å². The minimum atomic E-state index is -0.540. The van der Waals surface area contributed by atoms with Crippen molar-refractivity contribution in [1.82, 2.24) is 5.32 Å². The molecule has 2 unspecified atom stereocenters. The molecule has 3 aromatic rings. The second-order valence-corrected chi connectivity index (χ2v) is 6.62. The van der Waals surface area contributed by atoms with E-state index < -0.39 is 6.10 Å². The molecule has 0 radical (unpaired) electrons. The van der Waals surface area contributed by atoms with E-state index >= 15 is 0 Å². The standard InChI is InChI=1S/C23H27NO2/c1-2-18(19-9-4-3-5-10-19)15-24-16-21(25)17-26-23-14-8-12-20-11-6-7-13-22(20)23/h3-14,18,21,24-25H,2,15-17H2,1H3. The summed E-state index contributed by atoms with van der Waals surface area (Å²) in [6.45, 7) is 3.85. The highest BCUT2D eigenvalue weighted by Gasteiger charge is 2.11. The van der Waals surface area contributed by atoms with Crippen LogP contribution in [-0.4, -0.2) is 30.9 Å². The quantitative estimate of drug-likeness (QED) is 0.603. The Hall–Kier alpha value is -2.36. The molecule has 3 rings (SSSR count). The lowest BCUT2D eigenvalue weighted by atomic mass is 9.96. The molecule has 0 fully saturated rings. The molecular formula is C23H27NO2. The minimum absolute atomic E-state index is 0.281. The van der Waals surface area contributed by atoms with Crippen molar-refractivity contribution in [3.05, 3.63) is 78.4 Å². The molecule has 0 heterocycles. The van der Waals surface area contributed by atoms with Gasteiger partial charge < -0.3 is 15.2 Å². The topological polar surface area (TPSA) is 41.5 Å². The number of aliphatic hydroxyl groups is 1. The van der Waals surface area contributed by atoms with Crippen LogP contribution in [0.4, 0.5) is 0 Å². The van der Waals surface area contributed by atoms with Crippen LogP contribution in [0.2, 0.25) is 0 Å². The van der Waals surface area contributed by atoms with E-state index in [1.807, 2.05) is 36.4 Å². The van der Waals surface area contributed by atoms with E-state index in [2.05, 4.69) is 48.6 Å². The molecule has 3 nitrogen and oxygen atoms in total. The van der Waals surface area contributed by atoms with Gasteiger partial charge in [0.2, 0.25) is 0 Å². The summed E-state index contributed by atoms with van der Waals surface area (Å²) in [5, 5.41) is 15.8. The molecular weight excluding hydrogens is 322 g/mol. The SMILES string of the molecule is CCC(CNCC(O)COc1cccc2ccccc12)c1ccccc1. The van der Waals surface area contributed by atoms with Crippen LogP contribution >= 0.6 is 0 Å². The fourth-order valence-corrected chi connectivity index (χ4v) is 3.21. The van der Waals surface area contributed by atoms with Crippen molar-refractivity contribution < 1.29 is 9.84 Å². The van der Waals surface area contributed by atoms with Gasteiger partial charge in [0.25, 0.3) is 0 Å². The first kappa shape index (κ1) is 18.4. The normalized spacial score (nSPS) is 13.5. The van der Waals surface area contributed by atoms with Crippen molar-refractivity contribution in [2.45, 2.75) is 25.4 Å². The maximum absolute atomic E-state index is 10.3. The fourth-order valence-electron chi connectivity index (χ4n) is 3.21. The molecule has 0 bridgehead atoms. The van der Waals surface area contributed by atoms with Crippen molar-refractivity contribution in [2.75, 3.05) is 19.7 Å². The van der Waals surface area contributed by atoms with Crippen LogP contribution in [0.25, 0.3) is 10.8 Å². The highest BCUT2D eigenvalue weighted by Crippen LogP contribution is 2.25. The summed E-state index contributed by atoms with van der Waals surface area (Å²) in [5.41, 5.74) is 1.34. The lowest BCUT2D eigenvalue weighted by Gasteiger charge is -2.18. The summed E-state index contributed by atoms with van der Waals surface area (Å²) in [6, 6.07) is 24.6. The second-order valence-electron chi connectivity index (χ2n) is 6.62. The average molecular weight is 349 g/mol. The molecule has 0 aliphatic rings. The van der Waals surface area contributed by atoms with Gasteiger partial charge in [-0.3, -0.25) is 0 Å². The molecule has 0 saturated heterocycles. The Labute approximate surface area is 155 Å². The van der Waals surface area contributed by atoms with Crippen molar-refractivity contribution in [3.8, 4) is 5.75 Å². The number of hydrogen-bond acceptors (Lipinski definition) is 3. The summed E-state index contributed by atoms with van der Waals surface area (Å²) >= 11 is 0. The van der Waals surface area contributed by atoms with Gasteiger partial charge in [0, 0.05) is 18.5 Å². The van der Waals surface area contributed by atoms with Crippen molar-refractivity contribution in [1.29, 1.82) is 0 Å². The number of benzene rings is 3. The summed E-state index contributed by atoms with van der Waals surface area (Å²) in [5.74, 6) is 1.28. The lowest BCUT2D eigenvalue weighted by molar-refractivity contribution is 0.107. The average Bonchev–Trinajstić information content (AvgIpc) is 2.70. The molecule has 136 valence electrons. The Kier molecular flexibility index (Phi) is 6.64. The molecule has 0 aliphatic heterocycles. The second kappa shape index (κ2) is 9.37. The van der Waals surface area contributed by atoms with E-state index in [9.17, 15) is 5.11 Å². The fraction of sp³-hybridized carbons (Fsp3) is 0.304. The Balaban J connectivity index is 1.47. The zero-order chi connectivity index (χ0) is 18.2. The summed E-state index contributed by atoms with van der Waals surface area (Å²) in [7, 11) is 0. The van der Waals surface area contributed by atoms with Crippen LogP contribution in [0.1, 0.15) is 24.8 Å². The Morgan fingerprint density at radius 1 is 0.885 bits per heavy atom. The van der Waals surface area contributed by atoms with E-state index in [-0.39, 0.29) is 6.61 Å². The van der Waals surface area contributed by atoms with Gasteiger partial charge in [-0.15, -0.1) is 0 Å². The zero-order valence-corrected chi connectivity index (χ0v) is 15.3. The molecule has 0 amide bonds. The highest BCUT2D eigenvalue weighted by molar-refractivity contribution is 5.88. The Bertz CT molecular complexity index is 798. The van der Waals surface area contributed by atoms with Crippen LogP contribution in [0, 0.1) is 0 Å². The minimum Gasteiger partial charge on any atom is -0.490 e. The van der Waals surface area contributed by atoms with Gasteiger partial charge in [-0.05, 0) is 29.4 Å². The molecule has 0 aromatic heterocycles. The van der Waals surface area contributed by atoms with E-state index in [4.69, 9.17) is 4.74 Å². The maximum Gasteiger partial charge on any atom is 0.127 e. The van der Waals surface area contributed by atoms with E-state index in [0.29, 0.717) is 12.5 Å². The zero-order valence-electron chi connectivity index (χ0n) is 15.3. The Morgan fingerprint density at radius 2 is 1.62 bits per heavy atom. The van der Waals surface area contributed by atoms with Gasteiger partial charge in [0.1, 0.15) is 18.5 Å². The number of rotatable bonds is 9. The van der Waals surface area contributed by atoms with Gasteiger partial charge in [0.15, 0.2) is 0 Å². The van der Waals surface area contributed by atoms with Crippen LogP contribution in [-0.2, 0) is 0 Å². The van der Waals surface area contributed by atoms with Crippen LogP contribution in [0.15, 0.2) is 72.8 Å². The smallest absolute Gasteiger partial charge is 0.127 e. The predicted molar refractivity (Wildman–Crippen MR) is 108 cm³/mol. The lowest BCUT2D eigenvalue weighted by Crippen LogP contribution is -2.33. The molecule has 0 aliphatic carbocycles. The summed E-state index contributed by atoms with van der Waals surface area (Å²) in [6.07, 6.45) is 0.529. The monoisotopic (exact) mass is 349 g/mol. The third-order valence-electron chi connectivity index (χ3n) is 4.72. The van der Waals surface area contributed by atoms with Crippen LogP contribution in [0.3, 0.4) is 0 Å². The number of hydrogen-bond donors (Lipinski definition) is 2. The predicted octanol–water partition coefficient (Wildman–Crippen LogP) is 4.36.